The lowest BCUT2D eigenvalue weighted by molar-refractivity contribution is -0.805. The molecular formula is C54H53N5. The summed E-state index contributed by atoms with van der Waals surface area (Å²) in [6, 6.07) is 61.3. The molecule has 0 amide bonds. The highest BCUT2D eigenvalue weighted by Gasteiger charge is 2.31. The Morgan fingerprint density at radius 2 is 1.00 bits per heavy atom. The molecule has 7 aromatic rings. The third-order valence-corrected chi connectivity index (χ3v) is 11.7. The summed E-state index contributed by atoms with van der Waals surface area (Å²) in [7, 11) is 0. The van der Waals surface area contributed by atoms with E-state index in [0.29, 0.717) is 5.92 Å². The molecule has 0 aromatic heterocycles. The Morgan fingerprint density at radius 3 is 1.41 bits per heavy atom. The number of benzene rings is 7. The zero-order valence-corrected chi connectivity index (χ0v) is 34.6. The molecule has 0 radical (unpaired) electrons. The molecule has 5 heteroatoms. The normalized spacial score (nSPS) is 15.6. The van der Waals surface area contributed by atoms with Gasteiger partial charge in [0, 0.05) is 58.2 Å². The first kappa shape index (κ1) is 38.1. The first-order chi connectivity index (χ1) is 29.0. The second-order valence-corrected chi connectivity index (χ2v) is 16.0. The van der Waals surface area contributed by atoms with Crippen LogP contribution in [0.3, 0.4) is 0 Å². The summed E-state index contributed by atoms with van der Waals surface area (Å²) in [5, 5.41) is 7.80. The number of hydrogen-bond acceptors (Lipinski definition) is 3. The highest BCUT2D eigenvalue weighted by Crippen LogP contribution is 2.46. The topological polar surface area (TPSA) is 37.0 Å². The first-order valence-electron chi connectivity index (χ1n) is 21.3. The maximum absolute atomic E-state index is 5.46. The van der Waals surface area contributed by atoms with Crippen molar-refractivity contribution in [2.45, 2.75) is 46.6 Å². The van der Waals surface area contributed by atoms with Gasteiger partial charge in [-0.15, -0.1) is 0 Å². The van der Waals surface area contributed by atoms with Crippen LogP contribution in [0.1, 0.15) is 40.5 Å². The zero-order chi connectivity index (χ0) is 40.3. The van der Waals surface area contributed by atoms with Gasteiger partial charge in [0.2, 0.25) is 0 Å². The number of hydrogen-bond donors (Lipinski definition) is 2. The Balaban J connectivity index is 1.24. The molecule has 0 fully saturated rings. The molecule has 2 unspecified atom stereocenters. The van der Waals surface area contributed by atoms with Gasteiger partial charge >= 0.3 is 0 Å². The number of quaternary nitrogens is 1. The largest absolute Gasteiger partial charge is 0.478 e. The smallest absolute Gasteiger partial charge is 0.124 e. The van der Waals surface area contributed by atoms with E-state index in [-0.39, 0.29) is 6.04 Å². The van der Waals surface area contributed by atoms with Crippen molar-refractivity contribution in [2.24, 2.45) is 5.92 Å². The van der Waals surface area contributed by atoms with Crippen LogP contribution in [-0.2, 0) is 0 Å². The van der Waals surface area contributed by atoms with Gasteiger partial charge in [0.25, 0.3) is 0 Å². The van der Waals surface area contributed by atoms with Crippen molar-refractivity contribution in [1.29, 1.82) is 0 Å². The number of nitrogens with zero attached hydrogens (tertiary/aromatic N) is 3. The van der Waals surface area contributed by atoms with Crippen LogP contribution in [0.25, 0.3) is 39.3 Å². The van der Waals surface area contributed by atoms with Gasteiger partial charge in [-0.2, -0.15) is 0 Å². The SMILES string of the molecule is CCC1=c2c(-c3ccc(N(c4ccccc4)c4ccccc4)cc3)c3c(c(-c4ccc(N(c5ccccc5)c5ccccc5)cc4)c2=CC(CC)NC1)[NH+](CC(C)C)[N-]3. The lowest BCUT2D eigenvalue weighted by Gasteiger charge is -2.48. The van der Waals surface area contributed by atoms with Crippen molar-refractivity contribution < 1.29 is 5.01 Å². The van der Waals surface area contributed by atoms with Gasteiger partial charge in [0.15, 0.2) is 0 Å². The highest BCUT2D eigenvalue weighted by atomic mass is 15.6. The third kappa shape index (κ3) is 7.44. The van der Waals surface area contributed by atoms with E-state index < -0.39 is 0 Å². The van der Waals surface area contributed by atoms with Gasteiger partial charge in [-0.25, -0.2) is 0 Å². The standard InChI is InChI=1S/C54H53N5/c1-5-39-36-55-42(6-2)35-49-50(39)52(41-29-33-48(34-30-41)59(45-23-15-9-16-24-45)46-25-17-10-18-26-46)53-54(57(56-53)37-38(3)4)51(49)40-27-31-47(32-28-40)58(43-19-11-7-12-20-43)44-21-13-8-14-22-44/h7-35,38,42,55,57H,5-6,36-37H2,1-4H3. The molecule has 59 heavy (non-hydrogen) atoms. The predicted molar refractivity (Wildman–Crippen MR) is 250 cm³/mol. The highest BCUT2D eigenvalue weighted by molar-refractivity contribution is 5.98. The van der Waals surface area contributed by atoms with E-state index in [1.807, 2.05) is 0 Å². The van der Waals surface area contributed by atoms with Crippen LogP contribution >= 0.6 is 0 Å². The van der Waals surface area contributed by atoms with Crippen molar-refractivity contribution in [3.05, 3.63) is 186 Å². The van der Waals surface area contributed by atoms with Gasteiger partial charge in [0.05, 0.1) is 6.54 Å². The van der Waals surface area contributed by atoms with Crippen molar-refractivity contribution in [3.63, 3.8) is 0 Å². The van der Waals surface area contributed by atoms with E-state index >= 15 is 0 Å². The van der Waals surface area contributed by atoms with Crippen molar-refractivity contribution in [2.75, 3.05) is 22.9 Å². The van der Waals surface area contributed by atoms with Crippen LogP contribution < -0.4 is 30.6 Å². The van der Waals surface area contributed by atoms with Crippen LogP contribution in [0, 0.1) is 5.92 Å². The van der Waals surface area contributed by atoms with Gasteiger partial charge in [-0.3, -0.25) is 0 Å². The Hall–Kier alpha value is -6.40. The van der Waals surface area contributed by atoms with Crippen LogP contribution in [0.4, 0.5) is 45.5 Å². The predicted octanol–water partition coefficient (Wildman–Crippen LogP) is 11.8. The number of rotatable bonds is 12. The Kier molecular flexibility index (Phi) is 10.9. The van der Waals surface area contributed by atoms with Crippen LogP contribution in [0.15, 0.2) is 170 Å². The number of anilines is 6. The molecular weight excluding hydrogens is 719 g/mol. The molecule has 7 aromatic carbocycles. The van der Waals surface area contributed by atoms with Crippen LogP contribution in [-0.4, -0.2) is 19.1 Å². The molecule has 0 saturated heterocycles. The number of fused-ring (bicyclic) bond motifs is 2. The summed E-state index contributed by atoms with van der Waals surface area (Å²) in [5.74, 6) is 0.484. The van der Waals surface area contributed by atoms with Crippen LogP contribution in [0.5, 0.6) is 0 Å². The fraction of sp³-hybridized carbons (Fsp3) is 0.185. The molecule has 294 valence electrons. The van der Waals surface area contributed by atoms with Crippen molar-refractivity contribution in [1.82, 2.24) is 5.32 Å². The quantitative estimate of drug-likeness (QED) is 0.130. The minimum absolute atomic E-state index is 0.256. The first-order valence-corrected chi connectivity index (χ1v) is 21.3. The maximum atomic E-state index is 5.46. The van der Waals surface area contributed by atoms with Gasteiger partial charge in [-0.1, -0.05) is 131 Å². The van der Waals surface area contributed by atoms with E-state index in [0.717, 1.165) is 65.7 Å². The summed E-state index contributed by atoms with van der Waals surface area (Å²) in [5.41, 5.74) is 21.1. The summed E-state index contributed by atoms with van der Waals surface area (Å²) < 4.78 is 0. The molecule has 2 heterocycles. The van der Waals surface area contributed by atoms with E-state index in [1.165, 1.54) is 49.0 Å². The van der Waals surface area contributed by atoms with Gasteiger partial charge in [0.1, 0.15) is 5.69 Å². The second-order valence-electron chi connectivity index (χ2n) is 16.0. The summed E-state index contributed by atoms with van der Waals surface area (Å²) in [6.45, 7) is 11.0. The second kappa shape index (κ2) is 16.8. The zero-order valence-electron chi connectivity index (χ0n) is 34.6. The molecule has 2 N–H and O–H groups in total. The average Bonchev–Trinajstić information content (AvgIpc) is 3.47. The molecule has 2 aliphatic heterocycles. The third-order valence-electron chi connectivity index (χ3n) is 11.7. The fourth-order valence-corrected chi connectivity index (χ4v) is 8.86. The van der Waals surface area contributed by atoms with Crippen LogP contribution in [0.2, 0.25) is 0 Å². The molecule has 2 aliphatic rings. The lowest BCUT2D eigenvalue weighted by Crippen LogP contribution is -3.07. The summed E-state index contributed by atoms with van der Waals surface area (Å²) in [6.07, 6.45) is 4.49. The van der Waals surface area contributed by atoms with Crippen molar-refractivity contribution in [3.8, 4) is 22.3 Å². The van der Waals surface area contributed by atoms with E-state index in [2.05, 4.69) is 219 Å². The molecule has 2 atom stereocenters. The maximum Gasteiger partial charge on any atom is 0.124 e. The lowest BCUT2D eigenvalue weighted by atomic mass is 9.87. The Bertz CT molecular complexity index is 2560. The summed E-state index contributed by atoms with van der Waals surface area (Å²) in [4.78, 5) is 4.67. The molecule has 0 saturated carbocycles. The fourth-order valence-electron chi connectivity index (χ4n) is 8.86. The molecule has 9 rings (SSSR count). The average molecular weight is 772 g/mol. The van der Waals surface area contributed by atoms with E-state index in [1.54, 1.807) is 0 Å². The Labute approximate surface area is 349 Å². The van der Waals surface area contributed by atoms with Crippen molar-refractivity contribution >= 4 is 57.1 Å². The monoisotopic (exact) mass is 771 g/mol. The molecule has 0 spiro atoms. The van der Waals surface area contributed by atoms with Gasteiger partial charge in [-0.05, 0) is 124 Å². The molecule has 0 aliphatic carbocycles. The van der Waals surface area contributed by atoms with E-state index in [9.17, 15) is 0 Å². The number of nitrogens with one attached hydrogen (secondary N) is 2. The number of para-hydroxylation sites is 4. The molecule has 5 nitrogen and oxygen atoms in total. The Morgan fingerprint density at radius 1 is 0.576 bits per heavy atom. The minimum atomic E-state index is 0.256. The minimum Gasteiger partial charge on any atom is -0.478 e. The van der Waals surface area contributed by atoms with E-state index in [4.69, 9.17) is 5.43 Å². The molecule has 0 bridgehead atoms. The summed E-state index contributed by atoms with van der Waals surface area (Å²) >= 11 is 0. The van der Waals surface area contributed by atoms with Gasteiger partial charge < -0.3 is 25.6 Å².